The van der Waals surface area contributed by atoms with Crippen LogP contribution in [0.4, 0.5) is 0 Å². The van der Waals surface area contributed by atoms with E-state index in [4.69, 9.17) is 5.11 Å². The van der Waals surface area contributed by atoms with E-state index in [0.717, 1.165) is 25.8 Å². The molecule has 0 aromatic carbocycles. The molecule has 1 saturated carbocycles. The van der Waals surface area contributed by atoms with E-state index in [0.29, 0.717) is 6.54 Å². The number of carbonyl (C=O) groups is 1. The molecule has 0 aliphatic heterocycles. The Hall–Kier alpha value is -0.610. The first-order chi connectivity index (χ1) is 6.77. The summed E-state index contributed by atoms with van der Waals surface area (Å²) < 4.78 is 0. The molecule has 3 N–H and O–H groups in total. The van der Waals surface area contributed by atoms with Crippen LogP contribution in [-0.2, 0) is 4.79 Å². The van der Waals surface area contributed by atoms with E-state index in [9.17, 15) is 4.79 Å². The first kappa shape index (κ1) is 11.5. The van der Waals surface area contributed by atoms with Gasteiger partial charge in [0, 0.05) is 18.6 Å². The zero-order valence-electron chi connectivity index (χ0n) is 8.75. The Morgan fingerprint density at radius 2 is 2.29 bits per heavy atom. The second kappa shape index (κ2) is 5.98. The van der Waals surface area contributed by atoms with Crippen molar-refractivity contribution in [2.45, 2.75) is 32.2 Å². The van der Waals surface area contributed by atoms with E-state index in [-0.39, 0.29) is 24.5 Å². The average molecular weight is 200 g/mol. The van der Waals surface area contributed by atoms with Crippen molar-refractivity contribution in [1.29, 1.82) is 0 Å². The Balaban J connectivity index is 2.25. The molecule has 0 spiro atoms. The Kier molecular flexibility index (Phi) is 4.90. The highest BCUT2D eigenvalue weighted by Gasteiger charge is 2.27. The summed E-state index contributed by atoms with van der Waals surface area (Å²) in [6.45, 7) is 3.35. The van der Waals surface area contributed by atoms with Crippen molar-refractivity contribution in [2.75, 3.05) is 19.7 Å². The molecule has 0 aromatic heterocycles. The van der Waals surface area contributed by atoms with E-state index in [1.807, 2.05) is 6.92 Å². The molecule has 0 saturated heterocycles. The van der Waals surface area contributed by atoms with E-state index in [1.165, 1.54) is 0 Å². The van der Waals surface area contributed by atoms with Gasteiger partial charge in [0.05, 0.1) is 6.54 Å². The summed E-state index contributed by atoms with van der Waals surface area (Å²) in [5.74, 6) is 0.303. The molecular weight excluding hydrogens is 180 g/mol. The minimum absolute atomic E-state index is 0.0391. The zero-order chi connectivity index (χ0) is 10.4. The third kappa shape index (κ3) is 3.27. The molecule has 0 bridgehead atoms. The van der Waals surface area contributed by atoms with Crippen LogP contribution < -0.4 is 10.6 Å². The van der Waals surface area contributed by atoms with Crippen LogP contribution in [0.3, 0.4) is 0 Å². The van der Waals surface area contributed by atoms with Gasteiger partial charge in [-0.2, -0.15) is 0 Å². The maximum Gasteiger partial charge on any atom is 0.234 e. The van der Waals surface area contributed by atoms with E-state index >= 15 is 0 Å². The molecule has 0 heterocycles. The number of hydrogen-bond donors (Lipinski definition) is 3. The SMILES string of the molecule is CCNCC(=O)NC1CCCC1CO. The maximum absolute atomic E-state index is 11.4. The highest BCUT2D eigenvalue weighted by molar-refractivity contribution is 5.78. The van der Waals surface area contributed by atoms with Crippen molar-refractivity contribution in [1.82, 2.24) is 10.6 Å². The molecule has 1 rings (SSSR count). The van der Waals surface area contributed by atoms with Gasteiger partial charge in [-0.05, 0) is 19.4 Å². The lowest BCUT2D eigenvalue weighted by atomic mass is 10.1. The third-order valence-electron chi connectivity index (χ3n) is 2.78. The number of hydrogen-bond acceptors (Lipinski definition) is 3. The lowest BCUT2D eigenvalue weighted by Crippen LogP contribution is -2.42. The molecule has 82 valence electrons. The van der Waals surface area contributed by atoms with Crippen LogP contribution in [-0.4, -0.2) is 36.8 Å². The number of carbonyl (C=O) groups excluding carboxylic acids is 1. The Morgan fingerprint density at radius 3 is 2.93 bits per heavy atom. The number of aliphatic hydroxyl groups excluding tert-OH is 1. The van der Waals surface area contributed by atoms with Gasteiger partial charge in [-0.25, -0.2) is 0 Å². The highest BCUT2D eigenvalue weighted by atomic mass is 16.3. The first-order valence-electron chi connectivity index (χ1n) is 5.38. The molecule has 1 amide bonds. The van der Waals surface area contributed by atoms with Gasteiger partial charge >= 0.3 is 0 Å². The maximum atomic E-state index is 11.4. The summed E-state index contributed by atoms with van der Waals surface area (Å²) in [6, 6.07) is 0.186. The van der Waals surface area contributed by atoms with Gasteiger partial charge in [-0.1, -0.05) is 13.3 Å². The van der Waals surface area contributed by atoms with Crippen LogP contribution in [0.15, 0.2) is 0 Å². The van der Waals surface area contributed by atoms with Gasteiger partial charge in [0.1, 0.15) is 0 Å². The Labute approximate surface area is 85.1 Å². The van der Waals surface area contributed by atoms with Crippen LogP contribution in [0.5, 0.6) is 0 Å². The number of nitrogens with one attached hydrogen (secondary N) is 2. The lowest BCUT2D eigenvalue weighted by molar-refractivity contribution is -0.121. The molecule has 4 nitrogen and oxygen atoms in total. The van der Waals surface area contributed by atoms with Crippen molar-refractivity contribution < 1.29 is 9.90 Å². The molecular formula is C10H20N2O2. The molecule has 4 heteroatoms. The van der Waals surface area contributed by atoms with Crippen LogP contribution >= 0.6 is 0 Å². The van der Waals surface area contributed by atoms with Crippen LogP contribution in [0, 0.1) is 5.92 Å². The van der Waals surface area contributed by atoms with Gasteiger partial charge in [0.15, 0.2) is 0 Å². The lowest BCUT2D eigenvalue weighted by Gasteiger charge is -2.18. The van der Waals surface area contributed by atoms with Gasteiger partial charge in [0.25, 0.3) is 0 Å². The quantitative estimate of drug-likeness (QED) is 0.579. The van der Waals surface area contributed by atoms with Gasteiger partial charge in [-0.3, -0.25) is 4.79 Å². The predicted molar refractivity (Wildman–Crippen MR) is 54.9 cm³/mol. The van der Waals surface area contributed by atoms with Gasteiger partial charge in [0.2, 0.25) is 5.91 Å². The fourth-order valence-electron chi connectivity index (χ4n) is 1.94. The standard InChI is InChI=1S/C10H20N2O2/c1-2-11-6-10(14)12-9-5-3-4-8(9)7-13/h8-9,11,13H,2-7H2,1H3,(H,12,14). The van der Waals surface area contributed by atoms with E-state index in [2.05, 4.69) is 10.6 Å². The average Bonchev–Trinajstić information content (AvgIpc) is 2.62. The second-order valence-corrected chi connectivity index (χ2v) is 3.83. The summed E-state index contributed by atoms with van der Waals surface area (Å²) in [5.41, 5.74) is 0. The Bertz CT molecular complexity index is 185. The van der Waals surface area contributed by atoms with Crippen molar-refractivity contribution in [3.63, 3.8) is 0 Å². The highest BCUT2D eigenvalue weighted by Crippen LogP contribution is 2.24. The smallest absolute Gasteiger partial charge is 0.234 e. The largest absolute Gasteiger partial charge is 0.396 e. The van der Waals surface area contributed by atoms with Crippen molar-refractivity contribution in [3.8, 4) is 0 Å². The minimum atomic E-state index is 0.0391. The fraction of sp³-hybridized carbons (Fsp3) is 0.900. The molecule has 1 aliphatic carbocycles. The topological polar surface area (TPSA) is 61.4 Å². The second-order valence-electron chi connectivity index (χ2n) is 3.83. The molecule has 1 aliphatic rings. The molecule has 2 atom stereocenters. The third-order valence-corrected chi connectivity index (χ3v) is 2.78. The van der Waals surface area contributed by atoms with Crippen LogP contribution in [0.25, 0.3) is 0 Å². The van der Waals surface area contributed by atoms with Crippen molar-refractivity contribution >= 4 is 5.91 Å². The Morgan fingerprint density at radius 1 is 1.50 bits per heavy atom. The number of amides is 1. The summed E-state index contributed by atoms with van der Waals surface area (Å²) in [5, 5.41) is 15.0. The van der Waals surface area contributed by atoms with Gasteiger partial charge < -0.3 is 15.7 Å². The predicted octanol–water partition coefficient (Wildman–Crippen LogP) is -0.127. The van der Waals surface area contributed by atoms with Crippen molar-refractivity contribution in [3.05, 3.63) is 0 Å². The summed E-state index contributed by atoms with van der Waals surface area (Å²) in [6.07, 6.45) is 3.14. The number of rotatable bonds is 5. The van der Waals surface area contributed by atoms with Crippen molar-refractivity contribution in [2.24, 2.45) is 5.92 Å². The van der Waals surface area contributed by atoms with Crippen LogP contribution in [0.1, 0.15) is 26.2 Å². The molecule has 2 unspecified atom stereocenters. The summed E-state index contributed by atoms with van der Waals surface area (Å²) in [7, 11) is 0. The van der Waals surface area contributed by atoms with E-state index < -0.39 is 0 Å². The fourth-order valence-corrected chi connectivity index (χ4v) is 1.94. The number of aliphatic hydroxyl groups is 1. The van der Waals surface area contributed by atoms with Crippen LogP contribution in [0.2, 0.25) is 0 Å². The molecule has 0 radical (unpaired) electrons. The zero-order valence-corrected chi connectivity index (χ0v) is 8.75. The monoisotopic (exact) mass is 200 g/mol. The minimum Gasteiger partial charge on any atom is -0.396 e. The normalized spacial score (nSPS) is 26.4. The molecule has 1 fully saturated rings. The number of likely N-dealkylation sites (N-methyl/N-ethyl adjacent to an activating group) is 1. The van der Waals surface area contributed by atoms with E-state index in [1.54, 1.807) is 0 Å². The summed E-state index contributed by atoms with van der Waals surface area (Å²) >= 11 is 0. The first-order valence-corrected chi connectivity index (χ1v) is 5.38. The van der Waals surface area contributed by atoms with Gasteiger partial charge in [-0.15, -0.1) is 0 Å². The summed E-state index contributed by atoms with van der Waals surface area (Å²) in [4.78, 5) is 11.4. The molecule has 14 heavy (non-hydrogen) atoms. The molecule has 0 aromatic rings.